The highest BCUT2D eigenvalue weighted by Gasteiger charge is 2.52. The highest BCUT2D eigenvalue weighted by Crippen LogP contribution is 2.44. The molecule has 0 heterocycles. The maximum Gasteiger partial charge on any atom is 0.407 e. The average Bonchev–Trinajstić information content (AvgIpc) is 3.37. The Morgan fingerprint density at radius 3 is 2.42 bits per heavy atom. The molecule has 26 heavy (non-hydrogen) atoms. The Kier molecular flexibility index (Phi) is 6.99. The zero-order valence-corrected chi connectivity index (χ0v) is 17.3. The van der Waals surface area contributed by atoms with Gasteiger partial charge in [-0.25, -0.2) is 4.79 Å². The molecule has 3 atom stereocenters. The minimum Gasteiger partial charge on any atom is -0.598 e. The monoisotopic (exact) mass is 380 g/mol. The lowest BCUT2D eigenvalue weighted by atomic mass is 9.90. The molecule has 1 aliphatic carbocycles. The van der Waals surface area contributed by atoms with E-state index in [9.17, 15) is 9.35 Å². The molecule has 0 aromatic heterocycles. The third kappa shape index (κ3) is 5.63. The Morgan fingerprint density at radius 1 is 1.31 bits per heavy atom. The Hall–Kier alpha value is -1.24. The second-order valence-electron chi connectivity index (χ2n) is 8.15. The Bertz CT molecular complexity index is 584. The number of hydrogen-bond acceptors (Lipinski definition) is 4. The van der Waals surface area contributed by atoms with Gasteiger partial charge in [0.05, 0.1) is 6.04 Å². The van der Waals surface area contributed by atoms with Crippen LogP contribution in [0, 0.1) is 5.92 Å². The summed E-state index contributed by atoms with van der Waals surface area (Å²) in [6.45, 7) is 10.3. The number of alkyl carbamates (subject to hydrolysis) is 1. The molecule has 2 rings (SSSR count). The van der Waals surface area contributed by atoms with E-state index in [1.54, 1.807) is 0 Å². The summed E-state index contributed by atoms with van der Waals surface area (Å²) in [5, 5.41) is 3.06. The van der Waals surface area contributed by atoms with Crippen molar-refractivity contribution in [3.05, 3.63) is 35.9 Å². The summed E-state index contributed by atoms with van der Waals surface area (Å²) in [6.07, 6.45) is 2.32. The van der Waals surface area contributed by atoms with Crippen LogP contribution in [0.5, 0.6) is 0 Å². The lowest BCUT2D eigenvalue weighted by Crippen LogP contribution is -2.53. The van der Waals surface area contributed by atoms with Crippen LogP contribution in [0.2, 0.25) is 0 Å². The van der Waals surface area contributed by atoms with Gasteiger partial charge in [0.15, 0.2) is 0 Å². The summed E-state index contributed by atoms with van der Waals surface area (Å²) in [5.74, 6) is 0.170. The van der Waals surface area contributed by atoms with E-state index < -0.39 is 11.4 Å². The van der Waals surface area contributed by atoms with Crippen LogP contribution < -0.4 is 10.0 Å². The molecule has 1 aliphatic rings. The Labute approximate surface area is 160 Å². The van der Waals surface area contributed by atoms with E-state index in [0.717, 1.165) is 24.8 Å². The first-order valence-electron chi connectivity index (χ1n) is 9.35. The van der Waals surface area contributed by atoms with Gasteiger partial charge in [-0.15, -0.1) is 4.72 Å². The molecule has 0 saturated heterocycles. The Balaban J connectivity index is 1.90. The summed E-state index contributed by atoms with van der Waals surface area (Å²) < 4.78 is 20.8. The first-order valence-corrected chi connectivity index (χ1v) is 10.5. The van der Waals surface area contributed by atoms with Crippen molar-refractivity contribution in [3.63, 3.8) is 0 Å². The van der Waals surface area contributed by atoms with Crippen LogP contribution in [0.4, 0.5) is 4.79 Å². The van der Waals surface area contributed by atoms with Gasteiger partial charge in [-0.1, -0.05) is 44.2 Å². The van der Waals surface area contributed by atoms with Crippen molar-refractivity contribution in [2.75, 3.05) is 0 Å². The number of nitrogens with one attached hydrogen (secondary N) is 2. The molecule has 0 spiro atoms. The molecule has 1 aromatic carbocycles. The molecule has 1 amide bonds. The quantitative estimate of drug-likeness (QED) is 0.671. The maximum atomic E-state index is 12.5. The maximum absolute atomic E-state index is 12.5. The molecule has 2 N–H and O–H groups in total. The lowest BCUT2D eigenvalue weighted by Gasteiger charge is -2.34. The van der Waals surface area contributed by atoms with Gasteiger partial charge in [-0.3, -0.25) is 0 Å². The zero-order chi connectivity index (χ0) is 19.4. The molecule has 0 aliphatic heterocycles. The van der Waals surface area contributed by atoms with E-state index >= 15 is 0 Å². The van der Waals surface area contributed by atoms with Crippen molar-refractivity contribution in [3.8, 4) is 0 Å². The van der Waals surface area contributed by atoms with Crippen LogP contribution in [0.1, 0.15) is 59.4 Å². The molecule has 5 nitrogen and oxygen atoms in total. The minimum absolute atomic E-state index is 0.0759. The standard InChI is InChI=1S/C20H32N2O3S/c1-6-17(22-26(24)19(3,4)5)15(2)20(12-13-20)21-18(23)25-14-16-10-8-7-9-11-16/h7-11,15,17,22H,6,12-14H2,1-5H3,(H,21,23)/t15?,17-,26?/m1/s1. The van der Waals surface area contributed by atoms with Crippen molar-refractivity contribution < 1.29 is 14.1 Å². The van der Waals surface area contributed by atoms with Crippen molar-refractivity contribution in [1.82, 2.24) is 10.0 Å². The van der Waals surface area contributed by atoms with Gasteiger partial charge in [0.1, 0.15) is 11.4 Å². The summed E-state index contributed by atoms with van der Waals surface area (Å²) in [5.41, 5.74) is 0.706. The van der Waals surface area contributed by atoms with Crippen molar-refractivity contribution in [2.24, 2.45) is 5.92 Å². The summed E-state index contributed by atoms with van der Waals surface area (Å²) >= 11 is -1.13. The molecule has 2 unspecified atom stereocenters. The predicted octanol–water partition coefficient (Wildman–Crippen LogP) is 3.91. The summed E-state index contributed by atoms with van der Waals surface area (Å²) in [4.78, 5) is 12.3. The molecule has 0 bridgehead atoms. The minimum atomic E-state index is -1.13. The van der Waals surface area contributed by atoms with Gasteiger partial charge >= 0.3 is 6.09 Å². The fourth-order valence-electron chi connectivity index (χ4n) is 3.03. The highest BCUT2D eigenvalue weighted by atomic mass is 32.2. The first-order chi connectivity index (χ1) is 12.2. The van der Waals surface area contributed by atoms with E-state index in [2.05, 4.69) is 23.9 Å². The molecule has 1 aromatic rings. The van der Waals surface area contributed by atoms with E-state index in [1.165, 1.54) is 0 Å². The molecule has 1 saturated carbocycles. The van der Waals surface area contributed by atoms with Crippen molar-refractivity contribution in [1.29, 1.82) is 0 Å². The fraction of sp³-hybridized carbons (Fsp3) is 0.650. The normalized spacial score (nSPS) is 19.3. The molecular weight excluding hydrogens is 348 g/mol. The highest BCUT2D eigenvalue weighted by molar-refractivity contribution is 7.90. The first kappa shape index (κ1) is 21.1. The second-order valence-corrected chi connectivity index (χ2v) is 10.1. The van der Waals surface area contributed by atoms with Gasteiger partial charge in [0.2, 0.25) is 0 Å². The number of rotatable bonds is 8. The molecular formula is C20H32N2O3S. The number of carbonyl (C=O) groups is 1. The van der Waals surface area contributed by atoms with Crippen molar-refractivity contribution >= 4 is 17.5 Å². The molecule has 1 fully saturated rings. The average molecular weight is 381 g/mol. The topological polar surface area (TPSA) is 73.4 Å². The fourth-order valence-corrected chi connectivity index (χ4v) is 4.03. The zero-order valence-electron chi connectivity index (χ0n) is 16.5. The molecule has 6 heteroatoms. The SMILES string of the molecule is CC[C@@H](N[S+]([O-])C(C)(C)C)C(C)C1(NC(=O)OCc2ccccc2)CC1. The molecule has 0 radical (unpaired) electrons. The van der Waals surface area contributed by atoms with E-state index in [4.69, 9.17) is 4.74 Å². The van der Waals surface area contributed by atoms with Gasteiger partial charge in [-0.2, -0.15) is 0 Å². The number of benzene rings is 1. The molecule has 146 valence electrons. The number of amides is 1. The number of hydrogen-bond donors (Lipinski definition) is 2. The lowest BCUT2D eigenvalue weighted by molar-refractivity contribution is 0.128. The van der Waals surface area contributed by atoms with Crippen molar-refractivity contribution in [2.45, 2.75) is 76.8 Å². The Morgan fingerprint density at radius 2 is 1.92 bits per heavy atom. The van der Waals surface area contributed by atoms with Crippen LogP contribution >= 0.6 is 0 Å². The largest absolute Gasteiger partial charge is 0.598 e. The van der Waals surface area contributed by atoms with Gasteiger partial charge in [-0.05, 0) is 51.5 Å². The van der Waals surface area contributed by atoms with Crippen LogP contribution in [0.3, 0.4) is 0 Å². The van der Waals surface area contributed by atoms with E-state index in [0.29, 0.717) is 0 Å². The van der Waals surface area contributed by atoms with Gasteiger partial charge in [0, 0.05) is 16.9 Å². The number of carbonyl (C=O) groups excluding carboxylic acids is 1. The summed E-state index contributed by atoms with van der Waals surface area (Å²) in [7, 11) is 0. The van der Waals surface area contributed by atoms with Gasteiger partial charge in [0.25, 0.3) is 0 Å². The van der Waals surface area contributed by atoms with E-state index in [-0.39, 0.29) is 34.9 Å². The number of ether oxygens (including phenoxy) is 1. The van der Waals surface area contributed by atoms with Crippen LogP contribution in [0.25, 0.3) is 0 Å². The van der Waals surface area contributed by atoms with Crippen LogP contribution in [-0.4, -0.2) is 27.0 Å². The summed E-state index contributed by atoms with van der Waals surface area (Å²) in [6, 6.07) is 9.72. The van der Waals surface area contributed by atoms with Crippen LogP contribution in [-0.2, 0) is 22.7 Å². The van der Waals surface area contributed by atoms with Gasteiger partial charge < -0.3 is 14.6 Å². The third-order valence-corrected chi connectivity index (χ3v) is 6.71. The predicted molar refractivity (Wildman–Crippen MR) is 106 cm³/mol. The second kappa shape index (κ2) is 8.63. The smallest absolute Gasteiger partial charge is 0.407 e. The third-order valence-electron chi connectivity index (χ3n) is 5.08. The van der Waals surface area contributed by atoms with E-state index in [1.807, 2.05) is 51.1 Å². The van der Waals surface area contributed by atoms with Crippen LogP contribution in [0.15, 0.2) is 30.3 Å².